The van der Waals surface area contributed by atoms with Gasteiger partial charge in [-0.2, -0.15) is 10.2 Å². The molecule has 0 aliphatic heterocycles. The first-order valence-electron chi connectivity index (χ1n) is 4.47. The number of rotatable bonds is 4. The number of aliphatic carboxylic acids is 1. The normalized spacial score (nSPS) is 10.4. The number of hydrogen-bond acceptors (Lipinski definition) is 3. The number of H-pyrrole nitrogens is 2. The maximum atomic E-state index is 10.6. The van der Waals surface area contributed by atoms with Crippen LogP contribution in [0, 0.1) is 0 Å². The van der Waals surface area contributed by atoms with Crippen LogP contribution in [0.2, 0.25) is 0 Å². The van der Waals surface area contributed by atoms with Crippen molar-refractivity contribution < 1.29 is 9.90 Å². The molecule has 2 heterocycles. The molecule has 78 valence electrons. The molecule has 6 nitrogen and oxygen atoms in total. The number of carboxylic acid groups (broad SMARTS) is 1. The minimum absolute atomic E-state index is 0.0382. The van der Waals surface area contributed by atoms with Gasteiger partial charge in [0.15, 0.2) is 0 Å². The predicted octanol–water partition coefficient (Wildman–Crippen LogP) is 0.351. The van der Waals surface area contributed by atoms with Gasteiger partial charge in [0.25, 0.3) is 0 Å². The van der Waals surface area contributed by atoms with Gasteiger partial charge < -0.3 is 5.11 Å². The van der Waals surface area contributed by atoms with Gasteiger partial charge in [0.1, 0.15) is 0 Å². The lowest BCUT2D eigenvalue weighted by molar-refractivity contribution is -0.136. The molecule has 0 radical (unpaired) electrons. The Balaban J connectivity index is 2.14. The molecule has 0 aliphatic rings. The molecule has 0 fully saturated rings. The first kappa shape index (κ1) is 9.45. The van der Waals surface area contributed by atoms with E-state index in [2.05, 4.69) is 20.4 Å². The molecule has 0 unspecified atom stereocenters. The average Bonchev–Trinajstić information content (AvgIpc) is 2.78. The topological polar surface area (TPSA) is 94.7 Å². The van der Waals surface area contributed by atoms with Gasteiger partial charge in [-0.1, -0.05) is 0 Å². The Hall–Kier alpha value is -2.11. The lowest BCUT2D eigenvalue weighted by Gasteiger charge is -1.98. The molecule has 6 heteroatoms. The number of carboxylic acids is 1. The molecule has 2 rings (SSSR count). The first-order valence-corrected chi connectivity index (χ1v) is 4.47. The van der Waals surface area contributed by atoms with E-state index in [0.29, 0.717) is 12.1 Å². The minimum atomic E-state index is -0.870. The van der Waals surface area contributed by atoms with Crippen LogP contribution in [-0.4, -0.2) is 31.5 Å². The summed E-state index contributed by atoms with van der Waals surface area (Å²) in [6.45, 7) is 0. The van der Waals surface area contributed by atoms with Gasteiger partial charge in [-0.05, 0) is 11.6 Å². The molecule has 3 N–H and O–H groups in total. The summed E-state index contributed by atoms with van der Waals surface area (Å²) in [7, 11) is 0. The summed E-state index contributed by atoms with van der Waals surface area (Å²) in [6.07, 6.45) is 3.87. The van der Waals surface area contributed by atoms with Crippen molar-refractivity contribution in [2.45, 2.75) is 12.8 Å². The molecule has 0 aromatic carbocycles. The SMILES string of the molecule is O=C(O)Cc1[nH]ncc1Cc1ccn[nH]1. The van der Waals surface area contributed by atoms with Crippen LogP contribution in [0.4, 0.5) is 0 Å². The highest BCUT2D eigenvalue weighted by atomic mass is 16.4. The van der Waals surface area contributed by atoms with Crippen LogP contribution in [-0.2, 0) is 17.6 Å². The van der Waals surface area contributed by atoms with Crippen LogP contribution in [0.3, 0.4) is 0 Å². The van der Waals surface area contributed by atoms with Crippen molar-refractivity contribution in [3.63, 3.8) is 0 Å². The Kier molecular flexibility index (Phi) is 2.49. The molecule has 15 heavy (non-hydrogen) atoms. The van der Waals surface area contributed by atoms with Crippen LogP contribution in [0.25, 0.3) is 0 Å². The summed E-state index contributed by atoms with van der Waals surface area (Å²) < 4.78 is 0. The van der Waals surface area contributed by atoms with E-state index in [1.807, 2.05) is 6.07 Å². The summed E-state index contributed by atoms with van der Waals surface area (Å²) in [6, 6.07) is 1.84. The van der Waals surface area contributed by atoms with Crippen LogP contribution >= 0.6 is 0 Å². The summed E-state index contributed by atoms with van der Waals surface area (Å²) in [5.41, 5.74) is 2.45. The van der Waals surface area contributed by atoms with Crippen LogP contribution < -0.4 is 0 Å². The summed E-state index contributed by atoms with van der Waals surface area (Å²) in [4.78, 5) is 10.6. The van der Waals surface area contributed by atoms with Crippen molar-refractivity contribution in [3.05, 3.63) is 35.4 Å². The predicted molar refractivity (Wildman–Crippen MR) is 51.3 cm³/mol. The van der Waals surface area contributed by atoms with E-state index < -0.39 is 5.97 Å². The van der Waals surface area contributed by atoms with Crippen LogP contribution in [0.15, 0.2) is 18.5 Å². The van der Waals surface area contributed by atoms with Crippen molar-refractivity contribution in [3.8, 4) is 0 Å². The molecular formula is C9H10N4O2. The van der Waals surface area contributed by atoms with Gasteiger partial charge in [0.2, 0.25) is 0 Å². The third kappa shape index (κ3) is 2.22. The average molecular weight is 206 g/mol. The fourth-order valence-corrected chi connectivity index (χ4v) is 1.38. The van der Waals surface area contributed by atoms with Crippen molar-refractivity contribution in [1.29, 1.82) is 0 Å². The van der Waals surface area contributed by atoms with Gasteiger partial charge in [-0.15, -0.1) is 0 Å². The van der Waals surface area contributed by atoms with Gasteiger partial charge in [0.05, 0.1) is 12.6 Å². The van der Waals surface area contributed by atoms with E-state index in [4.69, 9.17) is 5.11 Å². The molecular weight excluding hydrogens is 196 g/mol. The highest BCUT2D eigenvalue weighted by Gasteiger charge is 2.09. The van der Waals surface area contributed by atoms with E-state index in [1.54, 1.807) is 12.4 Å². The molecule has 2 aromatic rings. The second kappa shape index (κ2) is 3.95. The zero-order valence-electron chi connectivity index (χ0n) is 7.90. The van der Waals surface area contributed by atoms with E-state index in [0.717, 1.165) is 11.3 Å². The standard InChI is InChI=1S/C9H10N4O2/c14-9(15)4-8-6(5-11-13-8)3-7-1-2-10-12-7/h1-2,5H,3-4H2,(H,10,12)(H,11,13)(H,14,15). The molecule has 2 aromatic heterocycles. The lowest BCUT2D eigenvalue weighted by Crippen LogP contribution is -2.03. The molecule has 0 spiro atoms. The Labute approximate surface area is 85.3 Å². The van der Waals surface area contributed by atoms with Gasteiger partial charge in [-0.3, -0.25) is 15.0 Å². The van der Waals surface area contributed by atoms with Crippen molar-refractivity contribution in [2.75, 3.05) is 0 Å². The highest BCUT2D eigenvalue weighted by molar-refractivity contribution is 5.70. The second-order valence-electron chi connectivity index (χ2n) is 3.20. The first-order chi connectivity index (χ1) is 7.25. The van der Waals surface area contributed by atoms with Gasteiger partial charge >= 0.3 is 5.97 Å². The smallest absolute Gasteiger partial charge is 0.309 e. The second-order valence-corrected chi connectivity index (χ2v) is 3.20. The maximum absolute atomic E-state index is 10.6. The van der Waals surface area contributed by atoms with Crippen molar-refractivity contribution in [1.82, 2.24) is 20.4 Å². The molecule has 0 saturated heterocycles. The van der Waals surface area contributed by atoms with Gasteiger partial charge in [-0.25, -0.2) is 0 Å². The zero-order valence-corrected chi connectivity index (χ0v) is 7.90. The molecule has 0 bridgehead atoms. The minimum Gasteiger partial charge on any atom is -0.481 e. The molecule has 0 saturated carbocycles. The Morgan fingerprint density at radius 3 is 2.93 bits per heavy atom. The van der Waals surface area contributed by atoms with Crippen LogP contribution in [0.5, 0.6) is 0 Å². The number of hydrogen-bond donors (Lipinski definition) is 3. The fraction of sp³-hybridized carbons (Fsp3) is 0.222. The maximum Gasteiger partial charge on any atom is 0.309 e. The summed E-state index contributed by atoms with van der Waals surface area (Å²) in [5, 5.41) is 21.8. The van der Waals surface area contributed by atoms with Crippen molar-refractivity contribution in [2.24, 2.45) is 0 Å². The van der Waals surface area contributed by atoms with Crippen molar-refractivity contribution >= 4 is 5.97 Å². The van der Waals surface area contributed by atoms with E-state index >= 15 is 0 Å². The summed E-state index contributed by atoms with van der Waals surface area (Å²) >= 11 is 0. The molecule has 0 atom stereocenters. The largest absolute Gasteiger partial charge is 0.481 e. The van der Waals surface area contributed by atoms with E-state index in [-0.39, 0.29) is 6.42 Å². The Morgan fingerprint density at radius 2 is 2.27 bits per heavy atom. The van der Waals surface area contributed by atoms with Crippen LogP contribution in [0.1, 0.15) is 17.0 Å². The number of carbonyl (C=O) groups is 1. The molecule has 0 aliphatic carbocycles. The number of aromatic amines is 2. The number of nitrogens with one attached hydrogen (secondary N) is 2. The fourth-order valence-electron chi connectivity index (χ4n) is 1.38. The van der Waals surface area contributed by atoms with Gasteiger partial charge in [0, 0.05) is 24.0 Å². The Bertz CT molecular complexity index is 446. The third-order valence-corrected chi connectivity index (χ3v) is 2.07. The van der Waals surface area contributed by atoms with E-state index in [1.165, 1.54) is 0 Å². The highest BCUT2D eigenvalue weighted by Crippen LogP contribution is 2.10. The number of nitrogens with zero attached hydrogens (tertiary/aromatic N) is 2. The Morgan fingerprint density at radius 1 is 1.40 bits per heavy atom. The number of aromatic nitrogens is 4. The summed E-state index contributed by atoms with van der Waals surface area (Å²) in [5.74, 6) is -0.870. The zero-order chi connectivity index (χ0) is 10.7. The van der Waals surface area contributed by atoms with E-state index in [9.17, 15) is 4.79 Å². The quantitative estimate of drug-likeness (QED) is 0.672. The third-order valence-electron chi connectivity index (χ3n) is 2.07. The monoisotopic (exact) mass is 206 g/mol. The lowest BCUT2D eigenvalue weighted by atomic mass is 10.1. The molecule has 0 amide bonds.